The topological polar surface area (TPSA) is 35.2 Å². The Kier molecular flexibility index (Phi) is 5.97. The number of halogens is 1. The van der Waals surface area contributed by atoms with Gasteiger partial charge in [-0.3, -0.25) is 0 Å². The van der Waals surface area contributed by atoms with Crippen LogP contribution in [0.15, 0.2) is 24.3 Å². The van der Waals surface area contributed by atoms with Crippen molar-refractivity contribution in [1.29, 1.82) is 0 Å². The maximum atomic E-state index is 6.03. The largest absolute Gasteiger partial charge is 0.492 e. The molecule has 0 spiro atoms. The highest BCUT2D eigenvalue weighted by molar-refractivity contribution is 6.30. The van der Waals surface area contributed by atoms with Gasteiger partial charge < -0.3 is 10.5 Å². The zero-order chi connectivity index (χ0) is 13.6. The van der Waals surface area contributed by atoms with Crippen molar-refractivity contribution < 1.29 is 4.74 Å². The summed E-state index contributed by atoms with van der Waals surface area (Å²) in [5, 5.41) is 0.719. The standard InChI is InChI=1S/C15H24ClNO/c1-15(2,3)10-4-5-13(17)11-18-14-8-6-12(16)7-9-14/h6-9,13H,4-5,10-11,17H2,1-3H3. The van der Waals surface area contributed by atoms with Crippen LogP contribution in [-0.4, -0.2) is 12.6 Å². The van der Waals surface area contributed by atoms with Gasteiger partial charge in [-0.15, -0.1) is 0 Å². The number of nitrogens with two attached hydrogens (primary N) is 1. The summed E-state index contributed by atoms with van der Waals surface area (Å²) in [6.45, 7) is 7.32. The molecule has 1 atom stereocenters. The average molecular weight is 270 g/mol. The molecule has 102 valence electrons. The molecule has 2 N–H and O–H groups in total. The Balaban J connectivity index is 2.21. The molecule has 1 aromatic carbocycles. The third-order valence-electron chi connectivity index (χ3n) is 2.78. The quantitative estimate of drug-likeness (QED) is 0.837. The lowest BCUT2D eigenvalue weighted by Gasteiger charge is -2.19. The van der Waals surface area contributed by atoms with Crippen molar-refractivity contribution in [3.63, 3.8) is 0 Å². The van der Waals surface area contributed by atoms with Gasteiger partial charge in [-0.1, -0.05) is 38.8 Å². The second-order valence-electron chi connectivity index (χ2n) is 5.98. The fourth-order valence-corrected chi connectivity index (χ4v) is 1.84. The van der Waals surface area contributed by atoms with Gasteiger partial charge in [-0.05, 0) is 42.5 Å². The molecule has 0 bridgehead atoms. The highest BCUT2D eigenvalue weighted by Gasteiger charge is 2.11. The number of hydrogen-bond donors (Lipinski definition) is 1. The van der Waals surface area contributed by atoms with E-state index in [0.29, 0.717) is 12.0 Å². The average Bonchev–Trinajstić information content (AvgIpc) is 2.26. The Bertz CT molecular complexity index is 343. The zero-order valence-corrected chi connectivity index (χ0v) is 12.3. The fourth-order valence-electron chi connectivity index (χ4n) is 1.71. The fraction of sp³-hybridized carbons (Fsp3) is 0.600. The van der Waals surface area contributed by atoms with Gasteiger partial charge in [0, 0.05) is 11.1 Å². The van der Waals surface area contributed by atoms with Crippen molar-refractivity contribution in [3.05, 3.63) is 29.3 Å². The monoisotopic (exact) mass is 269 g/mol. The lowest BCUT2D eigenvalue weighted by atomic mass is 9.89. The summed E-state index contributed by atoms with van der Waals surface area (Å²) in [6, 6.07) is 7.47. The van der Waals surface area contributed by atoms with E-state index in [9.17, 15) is 0 Å². The first-order chi connectivity index (χ1) is 8.37. The molecule has 18 heavy (non-hydrogen) atoms. The van der Waals surface area contributed by atoms with E-state index in [1.807, 2.05) is 24.3 Å². The maximum Gasteiger partial charge on any atom is 0.119 e. The van der Waals surface area contributed by atoms with Crippen LogP contribution in [0.5, 0.6) is 5.75 Å². The van der Waals surface area contributed by atoms with Crippen molar-refractivity contribution in [2.24, 2.45) is 11.1 Å². The van der Waals surface area contributed by atoms with Crippen molar-refractivity contribution >= 4 is 11.6 Å². The molecule has 0 amide bonds. The molecule has 0 radical (unpaired) electrons. The van der Waals surface area contributed by atoms with Gasteiger partial charge in [-0.2, -0.15) is 0 Å². The molecule has 3 heteroatoms. The molecular weight excluding hydrogens is 246 g/mol. The first-order valence-corrected chi connectivity index (χ1v) is 6.88. The lowest BCUT2D eigenvalue weighted by molar-refractivity contribution is 0.270. The van der Waals surface area contributed by atoms with Gasteiger partial charge in [0.1, 0.15) is 12.4 Å². The third-order valence-corrected chi connectivity index (χ3v) is 3.03. The first-order valence-electron chi connectivity index (χ1n) is 6.51. The molecule has 0 aliphatic carbocycles. The summed E-state index contributed by atoms with van der Waals surface area (Å²) in [5.74, 6) is 0.825. The molecule has 0 aliphatic rings. The Morgan fingerprint density at radius 1 is 1.22 bits per heavy atom. The van der Waals surface area contributed by atoms with Gasteiger partial charge >= 0.3 is 0 Å². The van der Waals surface area contributed by atoms with E-state index >= 15 is 0 Å². The number of hydrogen-bond acceptors (Lipinski definition) is 2. The van der Waals surface area contributed by atoms with Gasteiger partial charge in [0.15, 0.2) is 0 Å². The van der Waals surface area contributed by atoms with Crippen LogP contribution in [0.2, 0.25) is 5.02 Å². The molecular formula is C15H24ClNO. The highest BCUT2D eigenvalue weighted by Crippen LogP contribution is 2.22. The Labute approximate surface area is 115 Å². The van der Waals surface area contributed by atoms with Gasteiger partial charge in [-0.25, -0.2) is 0 Å². The van der Waals surface area contributed by atoms with Crippen molar-refractivity contribution in [1.82, 2.24) is 0 Å². The van der Waals surface area contributed by atoms with E-state index in [-0.39, 0.29) is 6.04 Å². The summed E-state index contributed by atoms with van der Waals surface area (Å²) >= 11 is 5.81. The van der Waals surface area contributed by atoms with Crippen LogP contribution in [0.25, 0.3) is 0 Å². The molecule has 0 saturated heterocycles. The molecule has 2 nitrogen and oxygen atoms in total. The molecule has 0 fully saturated rings. The van der Waals surface area contributed by atoms with Crippen LogP contribution < -0.4 is 10.5 Å². The van der Waals surface area contributed by atoms with Gasteiger partial charge in [0.05, 0.1) is 0 Å². The molecule has 1 rings (SSSR count). The van der Waals surface area contributed by atoms with E-state index in [1.165, 1.54) is 6.42 Å². The maximum absolute atomic E-state index is 6.03. The minimum absolute atomic E-state index is 0.100. The molecule has 1 aromatic rings. The minimum Gasteiger partial charge on any atom is -0.492 e. The second kappa shape index (κ2) is 7.01. The van der Waals surface area contributed by atoms with Crippen LogP contribution in [0.4, 0.5) is 0 Å². The van der Waals surface area contributed by atoms with Gasteiger partial charge in [0.2, 0.25) is 0 Å². The normalized spacial score (nSPS) is 13.4. The van der Waals surface area contributed by atoms with E-state index < -0.39 is 0 Å². The summed E-state index contributed by atoms with van der Waals surface area (Å²) < 4.78 is 5.62. The van der Waals surface area contributed by atoms with Crippen molar-refractivity contribution in [3.8, 4) is 5.75 Å². The molecule has 0 saturated carbocycles. The summed E-state index contributed by atoms with van der Waals surface area (Å²) in [7, 11) is 0. The van der Waals surface area contributed by atoms with Crippen LogP contribution in [0.3, 0.4) is 0 Å². The summed E-state index contributed by atoms with van der Waals surface area (Å²) in [6.07, 6.45) is 3.35. The number of ether oxygens (including phenoxy) is 1. The SMILES string of the molecule is CC(C)(C)CCCC(N)COc1ccc(Cl)cc1. The molecule has 1 unspecified atom stereocenters. The Hall–Kier alpha value is -0.730. The minimum atomic E-state index is 0.100. The summed E-state index contributed by atoms with van der Waals surface area (Å²) in [4.78, 5) is 0. The number of benzene rings is 1. The molecule has 0 aliphatic heterocycles. The van der Waals surface area contributed by atoms with Gasteiger partial charge in [0.25, 0.3) is 0 Å². The van der Waals surface area contributed by atoms with Crippen molar-refractivity contribution in [2.45, 2.75) is 46.1 Å². The Morgan fingerprint density at radius 2 is 1.83 bits per heavy atom. The lowest BCUT2D eigenvalue weighted by Crippen LogP contribution is -2.28. The summed E-state index contributed by atoms with van der Waals surface area (Å²) in [5.41, 5.74) is 6.42. The molecule has 0 heterocycles. The second-order valence-corrected chi connectivity index (χ2v) is 6.41. The number of rotatable bonds is 6. The smallest absolute Gasteiger partial charge is 0.119 e. The van der Waals surface area contributed by atoms with E-state index in [4.69, 9.17) is 22.1 Å². The van der Waals surface area contributed by atoms with Crippen LogP contribution in [-0.2, 0) is 0 Å². The van der Waals surface area contributed by atoms with E-state index in [1.54, 1.807) is 0 Å². The molecule has 0 aromatic heterocycles. The highest BCUT2D eigenvalue weighted by atomic mass is 35.5. The zero-order valence-electron chi connectivity index (χ0n) is 11.6. The van der Waals surface area contributed by atoms with E-state index in [2.05, 4.69) is 20.8 Å². The van der Waals surface area contributed by atoms with Crippen molar-refractivity contribution in [2.75, 3.05) is 6.61 Å². The van der Waals surface area contributed by atoms with Crippen LogP contribution in [0.1, 0.15) is 40.0 Å². The Morgan fingerprint density at radius 3 is 2.39 bits per heavy atom. The van der Waals surface area contributed by atoms with E-state index in [0.717, 1.165) is 23.6 Å². The van der Waals surface area contributed by atoms with Crippen LogP contribution in [0, 0.1) is 5.41 Å². The predicted molar refractivity (Wildman–Crippen MR) is 78.2 cm³/mol. The van der Waals surface area contributed by atoms with Crippen LogP contribution >= 0.6 is 11.6 Å². The third kappa shape index (κ3) is 6.87. The predicted octanol–water partition coefficient (Wildman–Crippen LogP) is 4.26. The first kappa shape index (κ1) is 15.3.